The molecular formula is C13H15Cl2N3O2. The van der Waals surface area contributed by atoms with Gasteiger partial charge in [-0.2, -0.15) is 0 Å². The molecule has 0 bridgehead atoms. The van der Waals surface area contributed by atoms with Gasteiger partial charge in [-0.15, -0.1) is 0 Å². The van der Waals surface area contributed by atoms with E-state index in [1.807, 2.05) is 0 Å². The van der Waals surface area contributed by atoms with Gasteiger partial charge in [-0.1, -0.05) is 29.3 Å². The first-order chi connectivity index (χ1) is 9.47. The Kier molecular flexibility index (Phi) is 4.52. The van der Waals surface area contributed by atoms with E-state index in [2.05, 4.69) is 15.6 Å². The molecular weight excluding hydrogens is 301 g/mol. The van der Waals surface area contributed by atoms with Gasteiger partial charge < -0.3 is 10.1 Å². The number of benzene rings is 1. The minimum absolute atomic E-state index is 0.188. The van der Waals surface area contributed by atoms with Gasteiger partial charge in [0.15, 0.2) is 5.96 Å². The SMILES string of the molecule is COCCN=C1NC(=O)C(C)(c2ccc(Cl)c(Cl)c2)N1. The normalized spacial score (nSPS) is 23.8. The molecule has 1 aromatic carbocycles. The molecule has 7 heteroatoms. The number of carbonyl (C=O) groups is 1. The Morgan fingerprint density at radius 2 is 2.10 bits per heavy atom. The van der Waals surface area contributed by atoms with Crippen LogP contribution in [0, 0.1) is 0 Å². The number of ether oxygens (including phenoxy) is 1. The average molecular weight is 316 g/mol. The largest absolute Gasteiger partial charge is 0.383 e. The van der Waals surface area contributed by atoms with Crippen LogP contribution in [0.1, 0.15) is 12.5 Å². The predicted octanol–water partition coefficient (Wildman–Crippen LogP) is 1.93. The summed E-state index contributed by atoms with van der Waals surface area (Å²) in [6.45, 7) is 2.72. The number of nitrogens with zero attached hydrogens (tertiary/aromatic N) is 1. The summed E-state index contributed by atoms with van der Waals surface area (Å²) >= 11 is 11.9. The monoisotopic (exact) mass is 315 g/mol. The molecule has 2 rings (SSSR count). The lowest BCUT2D eigenvalue weighted by atomic mass is 9.92. The van der Waals surface area contributed by atoms with Crippen LogP contribution in [0.2, 0.25) is 10.0 Å². The van der Waals surface area contributed by atoms with Crippen LogP contribution in [0.15, 0.2) is 23.2 Å². The van der Waals surface area contributed by atoms with E-state index in [-0.39, 0.29) is 5.91 Å². The zero-order valence-electron chi connectivity index (χ0n) is 11.2. The summed E-state index contributed by atoms with van der Waals surface area (Å²) in [4.78, 5) is 16.4. The summed E-state index contributed by atoms with van der Waals surface area (Å²) in [5.41, 5.74) is -0.193. The van der Waals surface area contributed by atoms with E-state index >= 15 is 0 Å². The second-order valence-electron chi connectivity index (χ2n) is 4.56. The van der Waals surface area contributed by atoms with Crippen molar-refractivity contribution in [1.29, 1.82) is 0 Å². The molecule has 1 aliphatic rings. The highest BCUT2D eigenvalue weighted by Crippen LogP contribution is 2.30. The van der Waals surface area contributed by atoms with Crippen molar-refractivity contribution < 1.29 is 9.53 Å². The zero-order valence-corrected chi connectivity index (χ0v) is 12.7. The van der Waals surface area contributed by atoms with E-state index < -0.39 is 5.54 Å². The number of aliphatic imine (C=N–C) groups is 1. The smallest absolute Gasteiger partial charge is 0.256 e. The van der Waals surface area contributed by atoms with Gasteiger partial charge in [-0.25, -0.2) is 0 Å². The van der Waals surface area contributed by atoms with Gasteiger partial charge in [-0.3, -0.25) is 15.1 Å². The van der Waals surface area contributed by atoms with Crippen molar-refractivity contribution in [2.75, 3.05) is 20.3 Å². The van der Waals surface area contributed by atoms with E-state index in [1.165, 1.54) is 0 Å². The second-order valence-corrected chi connectivity index (χ2v) is 5.37. The van der Waals surface area contributed by atoms with Crippen molar-refractivity contribution in [1.82, 2.24) is 10.6 Å². The molecule has 20 heavy (non-hydrogen) atoms. The standard InChI is InChI=1S/C13H15Cl2N3O2/c1-13(8-3-4-9(14)10(15)7-8)11(19)17-12(18-13)16-5-6-20-2/h3-4,7H,5-6H2,1-2H3,(H2,16,17,18,19). The third-order valence-corrected chi connectivity index (χ3v) is 3.86. The minimum atomic E-state index is -0.917. The van der Waals surface area contributed by atoms with Crippen molar-refractivity contribution in [3.63, 3.8) is 0 Å². The van der Waals surface area contributed by atoms with Gasteiger partial charge in [0, 0.05) is 7.11 Å². The third kappa shape index (κ3) is 2.90. The summed E-state index contributed by atoms with van der Waals surface area (Å²) < 4.78 is 4.91. The zero-order chi connectivity index (χ0) is 14.8. The molecule has 1 aliphatic heterocycles. The summed E-state index contributed by atoms with van der Waals surface area (Å²) in [7, 11) is 1.60. The number of hydrogen-bond donors (Lipinski definition) is 2. The molecule has 1 fully saturated rings. The molecule has 1 heterocycles. The lowest BCUT2D eigenvalue weighted by molar-refractivity contribution is -0.123. The molecule has 0 aliphatic carbocycles. The highest BCUT2D eigenvalue weighted by molar-refractivity contribution is 6.42. The van der Waals surface area contributed by atoms with Crippen LogP contribution in [-0.4, -0.2) is 32.1 Å². The Labute approximate surface area is 127 Å². The Hall–Kier alpha value is -1.30. The highest BCUT2D eigenvalue weighted by Gasteiger charge is 2.42. The summed E-state index contributed by atoms with van der Waals surface area (Å²) in [5, 5.41) is 6.63. The Morgan fingerprint density at radius 3 is 2.75 bits per heavy atom. The number of carbonyl (C=O) groups excluding carboxylic acids is 1. The van der Waals surface area contributed by atoms with Crippen molar-refractivity contribution in [3.05, 3.63) is 33.8 Å². The van der Waals surface area contributed by atoms with Crippen LogP contribution in [0.4, 0.5) is 0 Å². The first-order valence-corrected chi connectivity index (χ1v) is 6.81. The fraction of sp³-hybridized carbons (Fsp3) is 0.385. The number of rotatable bonds is 4. The number of nitrogens with one attached hydrogen (secondary N) is 2. The topological polar surface area (TPSA) is 62.7 Å². The Morgan fingerprint density at radius 1 is 1.35 bits per heavy atom. The number of halogens is 2. The lowest BCUT2D eigenvalue weighted by Gasteiger charge is -2.22. The molecule has 2 N–H and O–H groups in total. The molecule has 0 radical (unpaired) electrons. The quantitative estimate of drug-likeness (QED) is 0.835. The maximum Gasteiger partial charge on any atom is 0.256 e. The Balaban J connectivity index is 2.24. The second kappa shape index (κ2) is 5.99. The molecule has 1 unspecified atom stereocenters. The lowest BCUT2D eigenvalue weighted by Crippen LogP contribution is -2.40. The van der Waals surface area contributed by atoms with Crippen LogP contribution >= 0.6 is 23.2 Å². The fourth-order valence-corrected chi connectivity index (χ4v) is 2.19. The fourth-order valence-electron chi connectivity index (χ4n) is 1.90. The van der Waals surface area contributed by atoms with E-state index in [4.69, 9.17) is 27.9 Å². The molecule has 1 saturated heterocycles. The van der Waals surface area contributed by atoms with Crippen LogP contribution < -0.4 is 10.6 Å². The Bertz CT molecular complexity index is 563. The van der Waals surface area contributed by atoms with Crippen LogP contribution in [-0.2, 0) is 15.1 Å². The molecule has 0 saturated carbocycles. The van der Waals surface area contributed by atoms with Gasteiger partial charge in [-0.05, 0) is 24.6 Å². The van der Waals surface area contributed by atoms with Crippen molar-refractivity contribution in [2.24, 2.45) is 4.99 Å². The molecule has 1 aromatic rings. The van der Waals surface area contributed by atoms with E-state index in [9.17, 15) is 4.79 Å². The average Bonchev–Trinajstić information content (AvgIpc) is 2.70. The first kappa shape index (κ1) is 15.1. The van der Waals surface area contributed by atoms with Crippen molar-refractivity contribution in [3.8, 4) is 0 Å². The van der Waals surface area contributed by atoms with Gasteiger partial charge in [0.2, 0.25) is 0 Å². The van der Waals surface area contributed by atoms with Crippen LogP contribution in [0.3, 0.4) is 0 Å². The number of methoxy groups -OCH3 is 1. The van der Waals surface area contributed by atoms with Gasteiger partial charge >= 0.3 is 0 Å². The maximum atomic E-state index is 12.2. The number of amides is 1. The van der Waals surface area contributed by atoms with Gasteiger partial charge in [0.05, 0.1) is 23.2 Å². The first-order valence-electron chi connectivity index (χ1n) is 6.06. The highest BCUT2D eigenvalue weighted by atomic mass is 35.5. The molecule has 0 aromatic heterocycles. The summed E-state index contributed by atoms with van der Waals surface area (Å²) in [5.74, 6) is 0.243. The summed E-state index contributed by atoms with van der Waals surface area (Å²) in [6, 6.07) is 5.10. The van der Waals surface area contributed by atoms with E-state index in [1.54, 1.807) is 32.2 Å². The number of hydrogen-bond acceptors (Lipinski definition) is 3. The summed E-state index contributed by atoms with van der Waals surface area (Å²) in [6.07, 6.45) is 0. The van der Waals surface area contributed by atoms with Crippen LogP contribution in [0.5, 0.6) is 0 Å². The van der Waals surface area contributed by atoms with Gasteiger partial charge in [0.25, 0.3) is 5.91 Å². The van der Waals surface area contributed by atoms with Gasteiger partial charge in [0.1, 0.15) is 5.54 Å². The molecule has 5 nitrogen and oxygen atoms in total. The predicted molar refractivity (Wildman–Crippen MR) is 79.3 cm³/mol. The van der Waals surface area contributed by atoms with Crippen LogP contribution in [0.25, 0.3) is 0 Å². The van der Waals surface area contributed by atoms with E-state index in [0.29, 0.717) is 29.2 Å². The third-order valence-electron chi connectivity index (χ3n) is 3.12. The van der Waals surface area contributed by atoms with E-state index in [0.717, 1.165) is 5.56 Å². The maximum absolute atomic E-state index is 12.2. The molecule has 1 atom stereocenters. The molecule has 1 amide bonds. The number of guanidine groups is 1. The van der Waals surface area contributed by atoms with Crippen molar-refractivity contribution in [2.45, 2.75) is 12.5 Å². The van der Waals surface area contributed by atoms with Crippen molar-refractivity contribution >= 4 is 35.1 Å². The molecule has 0 spiro atoms. The molecule has 108 valence electrons. The minimum Gasteiger partial charge on any atom is -0.383 e.